The lowest BCUT2D eigenvalue weighted by atomic mass is 9.79. The van der Waals surface area contributed by atoms with E-state index >= 15 is 0 Å². The van der Waals surface area contributed by atoms with Gasteiger partial charge in [0.1, 0.15) is 5.75 Å². The third-order valence-electron chi connectivity index (χ3n) is 5.81. The van der Waals surface area contributed by atoms with Crippen molar-refractivity contribution >= 4 is 0 Å². The zero-order valence-corrected chi connectivity index (χ0v) is 17.2. The number of hydrogen-bond donors (Lipinski definition) is 0. The van der Waals surface area contributed by atoms with Gasteiger partial charge >= 0.3 is 0 Å². The predicted molar refractivity (Wildman–Crippen MR) is 114 cm³/mol. The van der Waals surface area contributed by atoms with Crippen molar-refractivity contribution in [1.82, 2.24) is 0 Å². The van der Waals surface area contributed by atoms with Gasteiger partial charge in [-0.05, 0) is 74.5 Å². The number of benzene rings is 1. The first-order valence-electron chi connectivity index (χ1n) is 11.2. The molecule has 0 heterocycles. The summed E-state index contributed by atoms with van der Waals surface area (Å²) in [4.78, 5) is 0. The van der Waals surface area contributed by atoms with Crippen molar-refractivity contribution < 1.29 is 4.74 Å². The second-order valence-corrected chi connectivity index (χ2v) is 8.09. The third-order valence-corrected chi connectivity index (χ3v) is 5.81. The Labute approximate surface area is 162 Å². The summed E-state index contributed by atoms with van der Waals surface area (Å²) in [7, 11) is 0. The summed E-state index contributed by atoms with van der Waals surface area (Å²) in [5.74, 6) is 2.87. The molecule has 0 atom stereocenters. The van der Waals surface area contributed by atoms with Crippen LogP contribution in [0.3, 0.4) is 0 Å². The molecule has 0 aliphatic heterocycles. The molecule has 1 fully saturated rings. The van der Waals surface area contributed by atoms with Crippen LogP contribution in [0.5, 0.6) is 5.75 Å². The lowest BCUT2D eigenvalue weighted by molar-refractivity contribution is 0.289. The highest BCUT2D eigenvalue weighted by molar-refractivity contribution is 5.27. The van der Waals surface area contributed by atoms with E-state index in [0.717, 1.165) is 43.5 Å². The first-order chi connectivity index (χ1) is 12.8. The molecule has 1 aliphatic rings. The number of ether oxygens (including phenoxy) is 1. The molecule has 0 bridgehead atoms. The summed E-state index contributed by atoms with van der Waals surface area (Å²) < 4.78 is 5.73. The maximum absolute atomic E-state index is 5.73. The van der Waals surface area contributed by atoms with Crippen LogP contribution in [0.2, 0.25) is 0 Å². The van der Waals surface area contributed by atoms with E-state index in [4.69, 9.17) is 4.74 Å². The number of allylic oxidation sites excluding steroid dienone is 2. The second kappa shape index (κ2) is 13.0. The van der Waals surface area contributed by atoms with Crippen molar-refractivity contribution in [2.75, 3.05) is 6.61 Å². The molecular weight excluding hydrogens is 316 g/mol. The van der Waals surface area contributed by atoms with Gasteiger partial charge in [0.25, 0.3) is 0 Å². The molecule has 0 saturated heterocycles. The average molecular weight is 357 g/mol. The van der Waals surface area contributed by atoms with Crippen molar-refractivity contribution in [1.29, 1.82) is 0 Å². The summed E-state index contributed by atoms with van der Waals surface area (Å²) >= 11 is 0. The van der Waals surface area contributed by atoms with Gasteiger partial charge in [0, 0.05) is 0 Å². The van der Waals surface area contributed by atoms with Gasteiger partial charge in [0.05, 0.1) is 6.61 Å². The largest absolute Gasteiger partial charge is 0.494 e. The van der Waals surface area contributed by atoms with Gasteiger partial charge in [-0.1, -0.05) is 70.2 Å². The fraction of sp³-hybridized carbons (Fsp3) is 0.680. The third kappa shape index (κ3) is 8.43. The van der Waals surface area contributed by atoms with Gasteiger partial charge in [-0.25, -0.2) is 0 Å². The van der Waals surface area contributed by atoms with E-state index < -0.39 is 0 Å². The van der Waals surface area contributed by atoms with Crippen LogP contribution in [-0.2, 0) is 6.42 Å². The van der Waals surface area contributed by atoms with Crippen molar-refractivity contribution in [3.8, 4) is 5.75 Å². The van der Waals surface area contributed by atoms with Gasteiger partial charge < -0.3 is 4.74 Å². The lowest BCUT2D eigenvalue weighted by Crippen LogP contribution is -2.13. The smallest absolute Gasteiger partial charge is 0.119 e. The van der Waals surface area contributed by atoms with Crippen LogP contribution in [0, 0.1) is 11.8 Å². The average Bonchev–Trinajstić information content (AvgIpc) is 2.68. The zero-order valence-electron chi connectivity index (χ0n) is 17.2. The number of hydrogen-bond acceptors (Lipinski definition) is 1. The Morgan fingerprint density at radius 3 is 2.35 bits per heavy atom. The van der Waals surface area contributed by atoms with Gasteiger partial charge in [-0.15, -0.1) is 0 Å². The quantitative estimate of drug-likeness (QED) is 0.275. The Bertz CT molecular complexity index is 479. The fourth-order valence-electron chi connectivity index (χ4n) is 3.98. The summed E-state index contributed by atoms with van der Waals surface area (Å²) in [6.45, 7) is 5.33. The summed E-state index contributed by atoms with van der Waals surface area (Å²) in [6, 6.07) is 8.68. The molecule has 1 aliphatic carbocycles. The fourth-order valence-corrected chi connectivity index (χ4v) is 3.98. The molecular formula is C25H40O. The van der Waals surface area contributed by atoms with Crippen LogP contribution in [0.25, 0.3) is 0 Å². The first kappa shape index (κ1) is 21.1. The number of aryl methyl sites for hydroxylation is 1. The molecule has 0 aromatic heterocycles. The van der Waals surface area contributed by atoms with Crippen LogP contribution >= 0.6 is 0 Å². The topological polar surface area (TPSA) is 9.23 Å². The molecule has 1 saturated carbocycles. The standard InChI is InChI=1S/C25H40O/c1-3-5-7-10-22-13-15-23(16-14-22)11-8-9-12-24-17-19-25(20-18-24)26-21-6-4-2/h8,11,17-20,22-23H,3-7,9-10,12-16,21H2,1-2H3/t22-,23-. The van der Waals surface area contributed by atoms with Crippen molar-refractivity contribution in [3.05, 3.63) is 42.0 Å². The molecule has 0 unspecified atom stereocenters. The maximum Gasteiger partial charge on any atom is 0.119 e. The number of unbranched alkanes of at least 4 members (excludes halogenated alkanes) is 3. The van der Waals surface area contributed by atoms with Crippen LogP contribution in [-0.4, -0.2) is 6.61 Å². The molecule has 1 heteroatoms. The SMILES string of the molecule is CCCCC[C@H]1CC[C@H](C=CCCc2ccc(OCCCC)cc2)CC1. The van der Waals surface area contributed by atoms with E-state index in [1.165, 1.54) is 63.4 Å². The summed E-state index contributed by atoms with van der Waals surface area (Å²) in [5, 5.41) is 0. The summed E-state index contributed by atoms with van der Waals surface area (Å²) in [6.07, 6.45) is 21.0. The highest BCUT2D eigenvalue weighted by Crippen LogP contribution is 2.32. The minimum Gasteiger partial charge on any atom is -0.494 e. The Morgan fingerprint density at radius 1 is 0.923 bits per heavy atom. The minimum atomic E-state index is 0.833. The molecule has 1 aromatic carbocycles. The second-order valence-electron chi connectivity index (χ2n) is 8.09. The minimum absolute atomic E-state index is 0.833. The van der Waals surface area contributed by atoms with Crippen LogP contribution < -0.4 is 4.74 Å². The van der Waals surface area contributed by atoms with Crippen LogP contribution in [0.15, 0.2) is 36.4 Å². The van der Waals surface area contributed by atoms with E-state index in [2.05, 4.69) is 50.3 Å². The Kier molecular flexibility index (Phi) is 10.5. The summed E-state index contributed by atoms with van der Waals surface area (Å²) in [5.41, 5.74) is 1.41. The van der Waals surface area contributed by atoms with E-state index in [0.29, 0.717) is 0 Å². The van der Waals surface area contributed by atoms with E-state index in [-0.39, 0.29) is 0 Å². The lowest BCUT2D eigenvalue weighted by Gasteiger charge is -2.26. The Morgan fingerprint density at radius 2 is 1.65 bits per heavy atom. The van der Waals surface area contributed by atoms with E-state index in [1.807, 2.05) is 0 Å². The predicted octanol–water partition coefficient (Wildman–Crippen LogP) is 7.74. The zero-order chi connectivity index (χ0) is 18.5. The molecule has 1 nitrogen and oxygen atoms in total. The monoisotopic (exact) mass is 356 g/mol. The molecule has 26 heavy (non-hydrogen) atoms. The molecule has 1 aromatic rings. The molecule has 146 valence electrons. The molecule has 0 N–H and O–H groups in total. The maximum atomic E-state index is 5.73. The molecule has 0 amide bonds. The Balaban J connectivity index is 1.59. The van der Waals surface area contributed by atoms with Crippen molar-refractivity contribution in [2.45, 2.75) is 90.9 Å². The molecule has 2 rings (SSSR count). The van der Waals surface area contributed by atoms with Crippen LogP contribution in [0.4, 0.5) is 0 Å². The van der Waals surface area contributed by atoms with E-state index in [1.54, 1.807) is 0 Å². The highest BCUT2D eigenvalue weighted by Gasteiger charge is 2.18. The first-order valence-corrected chi connectivity index (χ1v) is 11.2. The van der Waals surface area contributed by atoms with Crippen LogP contribution in [0.1, 0.15) is 90.0 Å². The number of rotatable bonds is 12. The van der Waals surface area contributed by atoms with E-state index in [9.17, 15) is 0 Å². The van der Waals surface area contributed by atoms with Gasteiger partial charge in [-0.2, -0.15) is 0 Å². The van der Waals surface area contributed by atoms with Gasteiger partial charge in [0.15, 0.2) is 0 Å². The highest BCUT2D eigenvalue weighted by atomic mass is 16.5. The van der Waals surface area contributed by atoms with Crippen molar-refractivity contribution in [3.63, 3.8) is 0 Å². The molecule has 0 radical (unpaired) electrons. The molecule has 0 spiro atoms. The normalized spacial score (nSPS) is 20.5. The Hall–Kier alpha value is -1.24. The van der Waals surface area contributed by atoms with Crippen molar-refractivity contribution in [2.24, 2.45) is 11.8 Å². The van der Waals surface area contributed by atoms with Gasteiger partial charge in [-0.3, -0.25) is 0 Å². The van der Waals surface area contributed by atoms with Gasteiger partial charge in [0.2, 0.25) is 0 Å².